The van der Waals surface area contributed by atoms with Gasteiger partial charge in [-0.15, -0.1) is 0 Å². The Morgan fingerprint density at radius 2 is 2.09 bits per heavy atom. The fourth-order valence-corrected chi connectivity index (χ4v) is 2.66. The van der Waals surface area contributed by atoms with Gasteiger partial charge in [0.1, 0.15) is 0 Å². The molecule has 2 aliphatic rings. The predicted molar refractivity (Wildman–Crippen MR) is 83.1 cm³/mol. The normalized spacial score (nSPS) is 17.2. The third kappa shape index (κ3) is 2.96. The molecule has 0 N–H and O–H groups in total. The van der Waals surface area contributed by atoms with E-state index in [-0.39, 0.29) is 5.91 Å². The molecule has 0 aromatic heterocycles. The van der Waals surface area contributed by atoms with Crippen LogP contribution in [-0.4, -0.2) is 44.2 Å². The van der Waals surface area contributed by atoms with E-state index in [2.05, 4.69) is 0 Å². The Hall–Kier alpha value is -1.98. The lowest BCUT2D eigenvalue weighted by molar-refractivity contribution is -0.130. The molecule has 0 aliphatic carbocycles. The highest BCUT2D eigenvalue weighted by atomic mass is 35.5. The standard InChI is InChI=1S/C16H16ClNO4/c1-20-14-10-13(17)9-12-8-11(2-5-22-15(12)14)16(19)18-3-6-21-7-4-18/h2,5,8-10H,3-4,6-7H2,1H3. The summed E-state index contributed by atoms with van der Waals surface area (Å²) in [6.45, 7) is 2.32. The maximum absolute atomic E-state index is 12.6. The largest absolute Gasteiger partial charge is 0.493 e. The van der Waals surface area contributed by atoms with Crippen LogP contribution in [-0.2, 0) is 9.53 Å². The second kappa shape index (κ2) is 6.42. The first-order chi connectivity index (χ1) is 10.7. The number of methoxy groups -OCH3 is 1. The summed E-state index contributed by atoms with van der Waals surface area (Å²) in [6, 6.07) is 3.43. The van der Waals surface area contributed by atoms with Crippen LogP contribution in [0.3, 0.4) is 0 Å². The zero-order valence-electron chi connectivity index (χ0n) is 12.2. The van der Waals surface area contributed by atoms with Gasteiger partial charge in [0.25, 0.3) is 5.91 Å². The first kappa shape index (κ1) is 14.9. The van der Waals surface area contributed by atoms with Gasteiger partial charge in [-0.2, -0.15) is 0 Å². The first-order valence-corrected chi connectivity index (χ1v) is 7.36. The molecule has 5 nitrogen and oxygen atoms in total. The van der Waals surface area contributed by atoms with Crippen LogP contribution in [0.25, 0.3) is 6.08 Å². The van der Waals surface area contributed by atoms with Crippen LogP contribution in [0.5, 0.6) is 11.5 Å². The molecule has 3 rings (SSSR count). The van der Waals surface area contributed by atoms with E-state index in [0.717, 1.165) is 0 Å². The molecular formula is C16H16ClNO4. The average Bonchev–Trinajstić information content (AvgIpc) is 2.76. The second-order valence-electron chi connectivity index (χ2n) is 4.95. The maximum atomic E-state index is 12.6. The number of carbonyl (C=O) groups excluding carboxylic acids is 1. The summed E-state index contributed by atoms with van der Waals surface area (Å²) in [5, 5.41) is 0.524. The van der Waals surface area contributed by atoms with E-state index in [0.29, 0.717) is 54.0 Å². The molecule has 1 fully saturated rings. The van der Waals surface area contributed by atoms with Crippen LogP contribution in [0.2, 0.25) is 5.02 Å². The smallest absolute Gasteiger partial charge is 0.254 e. The molecular weight excluding hydrogens is 306 g/mol. The summed E-state index contributed by atoms with van der Waals surface area (Å²) in [6.07, 6.45) is 4.92. The Morgan fingerprint density at radius 3 is 2.82 bits per heavy atom. The van der Waals surface area contributed by atoms with E-state index in [9.17, 15) is 4.79 Å². The quantitative estimate of drug-likeness (QED) is 0.839. The van der Waals surface area contributed by atoms with Crippen molar-refractivity contribution in [3.8, 4) is 11.5 Å². The van der Waals surface area contributed by atoms with Crippen molar-refractivity contribution in [2.75, 3.05) is 33.4 Å². The number of hydrogen-bond donors (Lipinski definition) is 0. The first-order valence-electron chi connectivity index (χ1n) is 6.98. The van der Waals surface area contributed by atoms with E-state index in [1.54, 1.807) is 36.3 Å². The van der Waals surface area contributed by atoms with Crippen LogP contribution >= 0.6 is 11.6 Å². The molecule has 6 heteroatoms. The summed E-state index contributed by atoms with van der Waals surface area (Å²) < 4.78 is 16.1. The van der Waals surface area contributed by atoms with Crippen molar-refractivity contribution < 1.29 is 19.0 Å². The monoisotopic (exact) mass is 321 g/mol. The number of fused-ring (bicyclic) bond motifs is 1. The van der Waals surface area contributed by atoms with E-state index in [4.69, 9.17) is 25.8 Å². The molecule has 0 saturated carbocycles. The summed E-state index contributed by atoms with van der Waals surface area (Å²) >= 11 is 6.09. The number of ether oxygens (including phenoxy) is 3. The minimum atomic E-state index is -0.0463. The van der Waals surface area contributed by atoms with Crippen molar-refractivity contribution in [2.45, 2.75) is 0 Å². The van der Waals surface area contributed by atoms with Crippen LogP contribution in [0.15, 0.2) is 30.0 Å². The minimum Gasteiger partial charge on any atom is -0.493 e. The van der Waals surface area contributed by atoms with Gasteiger partial charge >= 0.3 is 0 Å². The van der Waals surface area contributed by atoms with Crippen molar-refractivity contribution in [1.29, 1.82) is 0 Å². The molecule has 1 aromatic rings. The average molecular weight is 322 g/mol. The van der Waals surface area contributed by atoms with E-state index in [1.165, 1.54) is 6.26 Å². The van der Waals surface area contributed by atoms with Crippen molar-refractivity contribution in [1.82, 2.24) is 4.90 Å². The van der Waals surface area contributed by atoms with Gasteiger partial charge in [-0.25, -0.2) is 0 Å². The molecule has 0 spiro atoms. The van der Waals surface area contributed by atoms with Crippen molar-refractivity contribution in [3.63, 3.8) is 0 Å². The van der Waals surface area contributed by atoms with E-state index < -0.39 is 0 Å². The van der Waals surface area contributed by atoms with Crippen molar-refractivity contribution in [2.24, 2.45) is 0 Å². The molecule has 1 amide bonds. The van der Waals surface area contributed by atoms with E-state index in [1.807, 2.05) is 0 Å². The third-order valence-electron chi connectivity index (χ3n) is 3.56. The Morgan fingerprint density at radius 1 is 1.32 bits per heavy atom. The molecule has 0 radical (unpaired) electrons. The van der Waals surface area contributed by atoms with Crippen LogP contribution in [0, 0.1) is 0 Å². The number of hydrogen-bond acceptors (Lipinski definition) is 4. The fourth-order valence-electron chi connectivity index (χ4n) is 2.45. The SMILES string of the molecule is COc1cc(Cl)cc2c1OC=CC(C(=O)N1CCOCC1)=C2. The van der Waals surface area contributed by atoms with Gasteiger partial charge in [0.15, 0.2) is 11.5 Å². The van der Waals surface area contributed by atoms with Crippen molar-refractivity contribution in [3.05, 3.63) is 40.6 Å². The number of carbonyl (C=O) groups is 1. The molecule has 0 atom stereocenters. The lowest BCUT2D eigenvalue weighted by Gasteiger charge is -2.27. The number of nitrogens with zero attached hydrogens (tertiary/aromatic N) is 1. The van der Waals surface area contributed by atoms with Gasteiger partial charge in [-0.05, 0) is 18.2 Å². The number of rotatable bonds is 2. The van der Waals surface area contributed by atoms with Crippen molar-refractivity contribution >= 4 is 23.6 Å². The van der Waals surface area contributed by atoms with E-state index >= 15 is 0 Å². The fraction of sp³-hybridized carbons (Fsp3) is 0.312. The summed E-state index contributed by atoms with van der Waals surface area (Å²) in [5.74, 6) is 1.03. The molecule has 116 valence electrons. The molecule has 0 unspecified atom stereocenters. The summed E-state index contributed by atoms with van der Waals surface area (Å²) in [7, 11) is 1.55. The lowest BCUT2D eigenvalue weighted by atomic mass is 10.1. The molecule has 2 aliphatic heterocycles. The van der Waals surface area contributed by atoms with Gasteiger partial charge in [0.05, 0.1) is 26.6 Å². The topological polar surface area (TPSA) is 48.0 Å². The lowest BCUT2D eigenvalue weighted by Crippen LogP contribution is -2.41. The highest BCUT2D eigenvalue weighted by Gasteiger charge is 2.22. The van der Waals surface area contributed by atoms with Gasteiger partial charge in [-0.1, -0.05) is 11.6 Å². The predicted octanol–water partition coefficient (Wildman–Crippen LogP) is 2.50. The molecule has 22 heavy (non-hydrogen) atoms. The number of morpholine rings is 1. The minimum absolute atomic E-state index is 0.0463. The van der Waals surface area contributed by atoms with Crippen LogP contribution in [0.1, 0.15) is 5.56 Å². The number of amides is 1. The van der Waals surface area contributed by atoms with Crippen LogP contribution in [0.4, 0.5) is 0 Å². The van der Waals surface area contributed by atoms with Gasteiger partial charge in [0, 0.05) is 35.3 Å². The zero-order valence-corrected chi connectivity index (χ0v) is 12.9. The molecule has 0 bridgehead atoms. The van der Waals surface area contributed by atoms with Crippen LogP contribution < -0.4 is 9.47 Å². The molecule has 2 heterocycles. The Labute approximate surface area is 133 Å². The van der Waals surface area contributed by atoms with Gasteiger partial charge < -0.3 is 19.1 Å². The summed E-state index contributed by atoms with van der Waals surface area (Å²) in [4.78, 5) is 14.4. The highest BCUT2D eigenvalue weighted by Crippen LogP contribution is 2.37. The zero-order chi connectivity index (χ0) is 15.5. The number of halogens is 1. The Balaban J connectivity index is 1.96. The van der Waals surface area contributed by atoms with Gasteiger partial charge in [0.2, 0.25) is 0 Å². The third-order valence-corrected chi connectivity index (χ3v) is 3.78. The molecule has 1 aromatic carbocycles. The number of benzene rings is 1. The maximum Gasteiger partial charge on any atom is 0.254 e. The Kier molecular flexibility index (Phi) is 4.36. The second-order valence-corrected chi connectivity index (χ2v) is 5.39. The molecule has 1 saturated heterocycles. The summed E-state index contributed by atoms with van der Waals surface area (Å²) in [5.41, 5.74) is 1.26. The Bertz CT molecular complexity index is 648. The van der Waals surface area contributed by atoms with Gasteiger partial charge in [-0.3, -0.25) is 4.79 Å². The highest BCUT2D eigenvalue weighted by molar-refractivity contribution is 6.31.